The maximum Gasteiger partial charge on any atom is 0.328 e. The van der Waals surface area contributed by atoms with E-state index >= 15 is 0 Å². The molecule has 11 heteroatoms. The van der Waals surface area contributed by atoms with Crippen LogP contribution < -0.4 is 16.9 Å². The number of hydrogen-bond acceptors (Lipinski definition) is 8. The Labute approximate surface area is 190 Å². The van der Waals surface area contributed by atoms with Crippen LogP contribution in [0.1, 0.15) is 39.6 Å². The van der Waals surface area contributed by atoms with Gasteiger partial charge in [-0.25, -0.2) is 9.67 Å². The Morgan fingerprint density at radius 1 is 1.12 bits per heavy atom. The van der Waals surface area contributed by atoms with Crippen molar-refractivity contribution in [2.45, 2.75) is 38.8 Å². The normalized spacial score (nSPS) is 13.2. The van der Waals surface area contributed by atoms with Crippen molar-refractivity contribution in [3.8, 4) is 0 Å². The molecule has 0 saturated heterocycles. The van der Waals surface area contributed by atoms with E-state index in [0.29, 0.717) is 16.0 Å². The van der Waals surface area contributed by atoms with Gasteiger partial charge >= 0.3 is 5.97 Å². The summed E-state index contributed by atoms with van der Waals surface area (Å²) >= 11 is 1.48. The minimum atomic E-state index is -0.815. The number of ether oxygens (including phenoxy) is 1. The quantitative estimate of drug-likeness (QED) is 0.437. The summed E-state index contributed by atoms with van der Waals surface area (Å²) in [7, 11) is 0. The first-order valence-electron chi connectivity index (χ1n) is 10.4. The zero-order chi connectivity index (χ0) is 23.1. The predicted octanol–water partition coefficient (Wildman–Crippen LogP) is 1.19. The largest absolute Gasteiger partial charge is 0.458 e. The van der Waals surface area contributed by atoms with Crippen LogP contribution in [0.25, 0.3) is 15.7 Å². The highest BCUT2D eigenvalue weighted by molar-refractivity contribution is 7.17. The molecule has 1 amide bonds. The molecule has 0 unspecified atom stereocenters. The molecule has 0 radical (unpaired) electrons. The number of carbonyl (C=O) groups excluding carboxylic acids is 2. The van der Waals surface area contributed by atoms with Crippen molar-refractivity contribution < 1.29 is 14.3 Å². The molecule has 4 aromatic rings. The smallest absolute Gasteiger partial charge is 0.328 e. The van der Waals surface area contributed by atoms with E-state index < -0.39 is 24.0 Å². The number of hydrogen-bond donors (Lipinski definition) is 1. The molecule has 0 saturated carbocycles. The van der Waals surface area contributed by atoms with Gasteiger partial charge in [0.1, 0.15) is 13.2 Å². The predicted molar refractivity (Wildman–Crippen MR) is 120 cm³/mol. The number of nitrogens with zero attached hydrogens (tertiary/aromatic N) is 4. The standard InChI is InChI=1S/C22H19N5O5S/c23-20(30)19-13-5-1-2-6-14(13)21(31)26(25-19)10-18(29)32-11-12-9-17(28)27-15-7-3-4-8-16(15)33-22(27)24-12/h1-2,5-6,9H,3-4,7-8,10-11H2,(H2,23,30). The first kappa shape index (κ1) is 21.0. The Balaban J connectivity index is 1.37. The summed E-state index contributed by atoms with van der Waals surface area (Å²) in [4.78, 5) is 55.7. The van der Waals surface area contributed by atoms with Gasteiger partial charge in [0.05, 0.1) is 11.1 Å². The second-order valence-electron chi connectivity index (χ2n) is 7.76. The Hall–Kier alpha value is -3.86. The molecule has 5 rings (SSSR count). The zero-order valence-corrected chi connectivity index (χ0v) is 18.3. The Bertz CT molecular complexity index is 1550. The number of carbonyl (C=O) groups is 2. The lowest BCUT2D eigenvalue weighted by Gasteiger charge is -2.10. The van der Waals surface area contributed by atoms with Gasteiger partial charge in [0, 0.05) is 22.0 Å². The van der Waals surface area contributed by atoms with E-state index in [4.69, 9.17) is 10.5 Å². The summed E-state index contributed by atoms with van der Waals surface area (Å²) in [5, 5.41) is 4.48. The molecule has 0 bridgehead atoms. The second-order valence-corrected chi connectivity index (χ2v) is 8.83. The summed E-state index contributed by atoms with van der Waals surface area (Å²) in [6.07, 6.45) is 3.93. The van der Waals surface area contributed by atoms with Crippen LogP contribution in [0.5, 0.6) is 0 Å². The summed E-state index contributed by atoms with van der Waals surface area (Å²) in [5.74, 6) is -1.58. The number of benzene rings is 1. The highest BCUT2D eigenvalue weighted by Gasteiger charge is 2.20. The monoisotopic (exact) mass is 465 g/mol. The molecule has 0 fully saturated rings. The lowest BCUT2D eigenvalue weighted by atomic mass is 10.0. The minimum Gasteiger partial charge on any atom is -0.458 e. The van der Waals surface area contributed by atoms with E-state index in [1.807, 2.05) is 0 Å². The third kappa shape index (κ3) is 3.80. The fourth-order valence-corrected chi connectivity index (χ4v) is 5.29. The average Bonchev–Trinajstić information content (AvgIpc) is 3.18. The summed E-state index contributed by atoms with van der Waals surface area (Å²) in [6.45, 7) is -0.739. The third-order valence-corrected chi connectivity index (χ3v) is 6.72. The molecule has 0 atom stereocenters. The van der Waals surface area contributed by atoms with Crippen molar-refractivity contribution >= 4 is 38.9 Å². The van der Waals surface area contributed by atoms with Crippen LogP contribution in [-0.2, 0) is 35.5 Å². The van der Waals surface area contributed by atoms with E-state index in [1.165, 1.54) is 28.3 Å². The van der Waals surface area contributed by atoms with Crippen LogP contribution in [0.4, 0.5) is 0 Å². The van der Waals surface area contributed by atoms with Crippen LogP contribution in [0.2, 0.25) is 0 Å². The summed E-state index contributed by atoms with van der Waals surface area (Å²) in [5.41, 5.74) is 5.87. The van der Waals surface area contributed by atoms with Gasteiger partial charge < -0.3 is 10.5 Å². The van der Waals surface area contributed by atoms with Crippen molar-refractivity contribution in [3.63, 3.8) is 0 Å². The van der Waals surface area contributed by atoms with E-state index in [2.05, 4.69) is 10.1 Å². The van der Waals surface area contributed by atoms with Crippen molar-refractivity contribution in [2.75, 3.05) is 0 Å². The molecule has 2 N–H and O–H groups in total. The lowest BCUT2D eigenvalue weighted by molar-refractivity contribution is -0.146. The SMILES string of the molecule is NC(=O)c1nn(CC(=O)OCc2cc(=O)n3c4c(sc3n2)CCCC4)c(=O)c2ccccc12. The third-order valence-electron chi connectivity index (χ3n) is 5.58. The topological polar surface area (TPSA) is 139 Å². The Morgan fingerprint density at radius 3 is 2.67 bits per heavy atom. The van der Waals surface area contributed by atoms with Gasteiger partial charge in [-0.1, -0.05) is 18.2 Å². The highest BCUT2D eigenvalue weighted by atomic mass is 32.1. The molecule has 10 nitrogen and oxygen atoms in total. The van der Waals surface area contributed by atoms with Gasteiger partial charge in [-0.15, -0.1) is 11.3 Å². The molecule has 0 spiro atoms. The van der Waals surface area contributed by atoms with E-state index in [-0.39, 0.29) is 23.2 Å². The number of primary amides is 1. The lowest BCUT2D eigenvalue weighted by Crippen LogP contribution is -2.31. The number of aryl methyl sites for hydroxylation is 2. The number of fused-ring (bicyclic) bond motifs is 4. The van der Waals surface area contributed by atoms with Gasteiger partial charge in [-0.05, 0) is 31.7 Å². The summed E-state index contributed by atoms with van der Waals surface area (Å²) in [6, 6.07) is 7.74. The van der Waals surface area contributed by atoms with E-state index in [9.17, 15) is 19.2 Å². The number of rotatable bonds is 5. The number of esters is 1. The van der Waals surface area contributed by atoms with Crippen LogP contribution in [-0.4, -0.2) is 31.0 Å². The molecule has 3 aromatic heterocycles. The molecule has 1 aromatic carbocycles. The second kappa shape index (κ2) is 8.24. The number of aromatic nitrogens is 4. The molecule has 3 heterocycles. The number of amides is 1. The van der Waals surface area contributed by atoms with Crippen LogP contribution >= 0.6 is 11.3 Å². The Kier molecular flexibility index (Phi) is 5.25. The number of nitrogens with two attached hydrogens (primary N) is 1. The molecule has 1 aliphatic rings. The highest BCUT2D eigenvalue weighted by Crippen LogP contribution is 2.28. The van der Waals surface area contributed by atoms with Gasteiger partial charge in [0.15, 0.2) is 10.7 Å². The van der Waals surface area contributed by atoms with Crippen LogP contribution in [0, 0.1) is 0 Å². The van der Waals surface area contributed by atoms with E-state index in [1.54, 1.807) is 22.6 Å². The van der Waals surface area contributed by atoms with Crippen LogP contribution in [0.15, 0.2) is 39.9 Å². The van der Waals surface area contributed by atoms with Gasteiger partial charge in [0.2, 0.25) is 0 Å². The van der Waals surface area contributed by atoms with Gasteiger partial charge in [-0.3, -0.25) is 23.6 Å². The molecular weight excluding hydrogens is 446 g/mol. The zero-order valence-electron chi connectivity index (χ0n) is 17.4. The maximum atomic E-state index is 12.7. The number of thiazole rings is 1. The Morgan fingerprint density at radius 2 is 1.88 bits per heavy atom. The molecule has 1 aliphatic carbocycles. The fourth-order valence-electron chi connectivity index (χ4n) is 4.06. The van der Waals surface area contributed by atoms with Gasteiger partial charge in [-0.2, -0.15) is 5.10 Å². The van der Waals surface area contributed by atoms with Crippen molar-refractivity contribution in [1.82, 2.24) is 19.2 Å². The first-order valence-corrected chi connectivity index (χ1v) is 11.2. The average molecular weight is 465 g/mol. The van der Waals surface area contributed by atoms with Gasteiger partial charge in [0.25, 0.3) is 17.0 Å². The minimum absolute atomic E-state index is 0.111. The molecule has 168 valence electrons. The maximum absolute atomic E-state index is 12.7. The van der Waals surface area contributed by atoms with E-state index in [0.717, 1.165) is 36.1 Å². The fraction of sp³-hybridized carbons (Fsp3) is 0.273. The molecular formula is C22H19N5O5S. The van der Waals surface area contributed by atoms with Crippen molar-refractivity contribution in [2.24, 2.45) is 5.73 Å². The first-order chi connectivity index (χ1) is 15.9. The molecule has 33 heavy (non-hydrogen) atoms. The van der Waals surface area contributed by atoms with Crippen molar-refractivity contribution in [3.05, 3.63) is 73.0 Å². The van der Waals surface area contributed by atoms with Crippen LogP contribution in [0.3, 0.4) is 0 Å². The molecule has 0 aliphatic heterocycles. The van der Waals surface area contributed by atoms with Crippen molar-refractivity contribution in [1.29, 1.82) is 0 Å². The summed E-state index contributed by atoms with van der Waals surface area (Å²) < 4.78 is 7.73.